The second-order valence-electron chi connectivity index (χ2n) is 1.90. The van der Waals surface area contributed by atoms with Crippen LogP contribution in [0.1, 0.15) is 6.42 Å². The van der Waals surface area contributed by atoms with Crippen LogP contribution in [-0.4, -0.2) is 17.8 Å². The van der Waals surface area contributed by atoms with Crippen molar-refractivity contribution in [3.8, 4) is 0 Å². The first-order valence-corrected chi connectivity index (χ1v) is 3.94. The summed E-state index contributed by atoms with van der Waals surface area (Å²) >= 11 is 3.44. The zero-order valence-corrected chi connectivity index (χ0v) is 7.34. The number of nitrogens with zero attached hydrogens (tertiary/aromatic N) is 1. The molecule has 1 rings (SSSR count). The quantitative estimate of drug-likeness (QED) is 0.531. The van der Waals surface area contributed by atoms with Crippen molar-refractivity contribution in [2.24, 2.45) is 0 Å². The van der Waals surface area contributed by atoms with Crippen LogP contribution in [-0.2, 0) is 0 Å². The standard InChI is InChI=1S/C5H9BrNP/c6-5-1-3-7(8)4-2-5/h1H,2-4,8H2. The Morgan fingerprint density at radius 3 is 2.88 bits per heavy atom. The molecule has 0 bridgehead atoms. The van der Waals surface area contributed by atoms with Crippen molar-refractivity contribution in [1.82, 2.24) is 4.67 Å². The highest BCUT2D eigenvalue weighted by molar-refractivity contribution is 9.11. The Morgan fingerprint density at radius 2 is 2.50 bits per heavy atom. The van der Waals surface area contributed by atoms with E-state index in [0.29, 0.717) is 0 Å². The van der Waals surface area contributed by atoms with Gasteiger partial charge in [0.25, 0.3) is 0 Å². The largest absolute Gasteiger partial charge is 0.283 e. The molecule has 0 spiro atoms. The topological polar surface area (TPSA) is 3.24 Å². The molecule has 0 N–H and O–H groups in total. The number of rotatable bonds is 0. The van der Waals surface area contributed by atoms with E-state index >= 15 is 0 Å². The maximum Gasteiger partial charge on any atom is 0.0208 e. The highest BCUT2D eigenvalue weighted by Crippen LogP contribution is 2.17. The summed E-state index contributed by atoms with van der Waals surface area (Å²) in [6, 6.07) is 0. The minimum atomic E-state index is 1.06. The maximum atomic E-state index is 3.44. The van der Waals surface area contributed by atoms with E-state index in [4.69, 9.17) is 0 Å². The summed E-state index contributed by atoms with van der Waals surface area (Å²) in [6.45, 7) is 2.22. The summed E-state index contributed by atoms with van der Waals surface area (Å²) in [7, 11) is 2.69. The van der Waals surface area contributed by atoms with Gasteiger partial charge in [-0.3, -0.25) is 4.67 Å². The first kappa shape index (κ1) is 6.73. The lowest BCUT2D eigenvalue weighted by Crippen LogP contribution is -2.16. The maximum absolute atomic E-state index is 3.44. The molecule has 3 heteroatoms. The monoisotopic (exact) mass is 193 g/mol. The van der Waals surface area contributed by atoms with E-state index in [-0.39, 0.29) is 0 Å². The third-order valence-electron chi connectivity index (χ3n) is 1.19. The average Bonchev–Trinajstić information content (AvgIpc) is 1.77. The molecule has 0 saturated heterocycles. The van der Waals surface area contributed by atoms with Crippen LogP contribution >= 0.6 is 25.3 Å². The minimum absolute atomic E-state index is 1.06. The van der Waals surface area contributed by atoms with E-state index in [9.17, 15) is 0 Å². The highest BCUT2D eigenvalue weighted by atomic mass is 79.9. The predicted molar refractivity (Wildman–Crippen MR) is 42.9 cm³/mol. The van der Waals surface area contributed by atoms with Crippen LogP contribution in [0.5, 0.6) is 0 Å². The van der Waals surface area contributed by atoms with Crippen molar-refractivity contribution < 1.29 is 0 Å². The van der Waals surface area contributed by atoms with E-state index in [1.165, 1.54) is 4.48 Å². The van der Waals surface area contributed by atoms with Gasteiger partial charge in [0.05, 0.1) is 0 Å². The van der Waals surface area contributed by atoms with Gasteiger partial charge in [0.2, 0.25) is 0 Å². The van der Waals surface area contributed by atoms with Gasteiger partial charge >= 0.3 is 0 Å². The Morgan fingerprint density at radius 1 is 1.75 bits per heavy atom. The smallest absolute Gasteiger partial charge is 0.0208 e. The van der Waals surface area contributed by atoms with E-state index in [0.717, 1.165) is 19.5 Å². The Bertz CT molecular complexity index is 113. The molecule has 0 aromatic carbocycles. The molecular formula is C5H9BrNP. The van der Waals surface area contributed by atoms with Gasteiger partial charge in [-0.1, -0.05) is 31.4 Å². The lowest BCUT2D eigenvalue weighted by Gasteiger charge is -2.18. The van der Waals surface area contributed by atoms with Crippen molar-refractivity contribution in [2.75, 3.05) is 13.1 Å². The Hall–Kier alpha value is 0.610. The van der Waals surface area contributed by atoms with Crippen LogP contribution in [0.4, 0.5) is 0 Å². The molecule has 1 atom stereocenters. The van der Waals surface area contributed by atoms with Gasteiger partial charge in [-0.25, -0.2) is 0 Å². The number of hydrogen-bond donors (Lipinski definition) is 0. The van der Waals surface area contributed by atoms with Crippen molar-refractivity contribution in [3.05, 3.63) is 10.6 Å². The van der Waals surface area contributed by atoms with Crippen molar-refractivity contribution in [1.29, 1.82) is 0 Å². The number of halogens is 1. The fourth-order valence-corrected chi connectivity index (χ4v) is 1.22. The molecule has 0 aliphatic carbocycles. The molecule has 1 aliphatic rings. The van der Waals surface area contributed by atoms with Gasteiger partial charge in [-0.15, -0.1) is 0 Å². The fourth-order valence-electron chi connectivity index (χ4n) is 0.660. The number of hydrogen-bond acceptors (Lipinski definition) is 1. The summed E-state index contributed by atoms with van der Waals surface area (Å²) in [6.07, 6.45) is 3.35. The summed E-state index contributed by atoms with van der Waals surface area (Å²) in [5.41, 5.74) is 0. The van der Waals surface area contributed by atoms with Crippen LogP contribution in [0.2, 0.25) is 0 Å². The van der Waals surface area contributed by atoms with Crippen LogP contribution in [0.15, 0.2) is 10.6 Å². The first-order valence-electron chi connectivity index (χ1n) is 2.63. The third kappa shape index (κ3) is 1.85. The molecule has 0 fully saturated rings. The molecule has 1 unspecified atom stereocenters. The molecule has 1 heterocycles. The molecule has 8 heavy (non-hydrogen) atoms. The second kappa shape index (κ2) is 2.95. The summed E-state index contributed by atoms with van der Waals surface area (Å²) < 4.78 is 3.56. The van der Waals surface area contributed by atoms with E-state index in [2.05, 4.69) is 36.1 Å². The van der Waals surface area contributed by atoms with Gasteiger partial charge in [0, 0.05) is 13.1 Å². The van der Waals surface area contributed by atoms with Crippen LogP contribution in [0.25, 0.3) is 0 Å². The predicted octanol–water partition coefficient (Wildman–Crippen LogP) is 1.76. The summed E-state index contributed by atoms with van der Waals surface area (Å²) in [4.78, 5) is 0. The van der Waals surface area contributed by atoms with Gasteiger partial charge in [-0.05, 0) is 10.9 Å². The second-order valence-corrected chi connectivity index (χ2v) is 3.64. The summed E-state index contributed by atoms with van der Waals surface area (Å²) in [5, 5.41) is 0. The van der Waals surface area contributed by atoms with Crippen LogP contribution in [0, 0.1) is 0 Å². The van der Waals surface area contributed by atoms with Gasteiger partial charge in [-0.2, -0.15) is 0 Å². The minimum Gasteiger partial charge on any atom is -0.283 e. The molecular weight excluding hydrogens is 185 g/mol. The normalized spacial score (nSPS) is 23.0. The molecule has 1 nitrogen and oxygen atoms in total. The molecule has 0 saturated carbocycles. The van der Waals surface area contributed by atoms with Crippen molar-refractivity contribution in [2.45, 2.75) is 6.42 Å². The molecule has 1 aliphatic heterocycles. The average molecular weight is 194 g/mol. The van der Waals surface area contributed by atoms with Gasteiger partial charge in [0.1, 0.15) is 0 Å². The van der Waals surface area contributed by atoms with Crippen molar-refractivity contribution >= 4 is 25.3 Å². The molecule has 0 radical (unpaired) electrons. The first-order chi connectivity index (χ1) is 3.79. The lowest BCUT2D eigenvalue weighted by atomic mass is 10.3. The van der Waals surface area contributed by atoms with E-state index in [1.807, 2.05) is 0 Å². The van der Waals surface area contributed by atoms with E-state index < -0.39 is 0 Å². The molecule has 0 amide bonds. The van der Waals surface area contributed by atoms with Crippen LogP contribution < -0.4 is 0 Å². The lowest BCUT2D eigenvalue weighted by molar-refractivity contribution is 0.507. The molecule has 46 valence electrons. The SMILES string of the molecule is PN1CC=C(Br)CC1. The van der Waals surface area contributed by atoms with Gasteiger partial charge < -0.3 is 0 Å². The Kier molecular flexibility index (Phi) is 2.48. The van der Waals surface area contributed by atoms with Crippen molar-refractivity contribution in [3.63, 3.8) is 0 Å². The summed E-state index contributed by atoms with van der Waals surface area (Å²) in [5.74, 6) is 0. The highest BCUT2D eigenvalue weighted by Gasteiger charge is 2.03. The fraction of sp³-hybridized carbons (Fsp3) is 0.600. The third-order valence-corrected chi connectivity index (χ3v) is 2.37. The zero-order valence-electron chi connectivity index (χ0n) is 4.60. The zero-order chi connectivity index (χ0) is 5.98. The molecule has 0 aromatic rings. The Labute approximate surface area is 60.5 Å². The molecule has 0 aromatic heterocycles. The Balaban J connectivity index is 2.42. The van der Waals surface area contributed by atoms with E-state index in [1.54, 1.807) is 0 Å². The van der Waals surface area contributed by atoms with Gasteiger partial charge in [0.15, 0.2) is 0 Å². The van der Waals surface area contributed by atoms with Crippen LogP contribution in [0.3, 0.4) is 0 Å².